The molecule has 0 bridgehead atoms. The number of pyridine rings is 1. The molecule has 0 aliphatic rings. The van der Waals surface area contributed by atoms with Gasteiger partial charge in [-0.25, -0.2) is 12.4 Å². The van der Waals surface area contributed by atoms with Crippen LogP contribution in [-0.4, -0.2) is 20.8 Å². The van der Waals surface area contributed by atoms with Crippen molar-refractivity contribution in [1.82, 2.24) is 3.97 Å². The molecule has 0 spiro atoms. The summed E-state index contributed by atoms with van der Waals surface area (Å²) in [4.78, 5) is 0.0299. The van der Waals surface area contributed by atoms with Crippen LogP contribution in [0.25, 0.3) is 0 Å². The fourth-order valence-electron chi connectivity index (χ4n) is 2.17. The van der Waals surface area contributed by atoms with Crippen molar-refractivity contribution < 1.29 is 16.8 Å². The molecule has 1 heterocycles. The Hall–Kier alpha value is -2.71. The van der Waals surface area contributed by atoms with Gasteiger partial charge < -0.3 is 0 Å². The zero-order chi connectivity index (χ0) is 17.9. The number of rotatable bonds is 4. The highest BCUT2D eigenvalue weighted by atomic mass is 32.2. The average molecular weight is 374 g/mol. The maximum absolute atomic E-state index is 12.8. The Morgan fingerprint density at radius 3 is 1.76 bits per heavy atom. The number of hydrogen-bond donors (Lipinski definition) is 0. The van der Waals surface area contributed by atoms with Crippen molar-refractivity contribution in [2.75, 3.05) is 0 Å². The SMILES string of the molecule is O=S(=O)(N=c1ccccn1S(=O)(=O)c1ccccc1)c1ccccc1. The largest absolute Gasteiger partial charge is 0.284 e. The molecule has 1 aromatic heterocycles. The lowest BCUT2D eigenvalue weighted by Gasteiger charge is -2.09. The predicted octanol–water partition coefficient (Wildman–Crippen LogP) is 2.01. The van der Waals surface area contributed by atoms with E-state index in [0.29, 0.717) is 0 Å². The third-order valence-corrected chi connectivity index (χ3v) is 6.35. The zero-order valence-corrected chi connectivity index (χ0v) is 14.6. The minimum absolute atomic E-state index is 0.0116. The molecule has 3 aromatic rings. The van der Waals surface area contributed by atoms with Crippen LogP contribution in [0.4, 0.5) is 0 Å². The van der Waals surface area contributed by atoms with Crippen LogP contribution < -0.4 is 5.49 Å². The van der Waals surface area contributed by atoms with Crippen LogP contribution in [0.2, 0.25) is 0 Å². The normalized spacial score (nSPS) is 12.9. The molecule has 0 fully saturated rings. The van der Waals surface area contributed by atoms with Crippen LogP contribution in [-0.2, 0) is 20.0 Å². The van der Waals surface area contributed by atoms with Gasteiger partial charge in [0.25, 0.3) is 20.0 Å². The molecule has 2 aromatic carbocycles. The zero-order valence-electron chi connectivity index (χ0n) is 12.9. The Labute approximate surface area is 145 Å². The van der Waals surface area contributed by atoms with Gasteiger partial charge in [0.1, 0.15) is 0 Å². The van der Waals surface area contributed by atoms with E-state index in [-0.39, 0.29) is 15.3 Å². The molecule has 8 heteroatoms. The molecule has 0 unspecified atom stereocenters. The topological polar surface area (TPSA) is 85.6 Å². The van der Waals surface area contributed by atoms with Crippen LogP contribution in [0.1, 0.15) is 0 Å². The third kappa shape index (κ3) is 3.54. The first-order valence-electron chi connectivity index (χ1n) is 7.26. The summed E-state index contributed by atoms with van der Waals surface area (Å²) in [5, 5.41) is 0. The van der Waals surface area contributed by atoms with Gasteiger partial charge in [0.05, 0.1) is 9.79 Å². The minimum atomic E-state index is -4.04. The van der Waals surface area contributed by atoms with Crippen LogP contribution in [0, 0.1) is 0 Å². The Kier molecular flexibility index (Phi) is 4.56. The molecule has 0 saturated carbocycles. The quantitative estimate of drug-likeness (QED) is 0.699. The van der Waals surface area contributed by atoms with Gasteiger partial charge in [0.15, 0.2) is 5.49 Å². The van der Waals surface area contributed by atoms with Crippen molar-refractivity contribution in [3.8, 4) is 0 Å². The summed E-state index contributed by atoms with van der Waals surface area (Å²) in [6.07, 6.45) is 1.27. The summed E-state index contributed by atoms with van der Waals surface area (Å²) in [7, 11) is -8.00. The molecular formula is C17H14N2O4S2. The second-order valence-electron chi connectivity index (χ2n) is 5.05. The standard InChI is InChI=1S/C17H14N2O4S2/c20-24(21,15-9-3-1-4-10-15)18-17-13-7-8-14-19(17)25(22,23)16-11-5-2-6-12-16/h1-14H. The van der Waals surface area contributed by atoms with Crippen molar-refractivity contribution in [3.05, 3.63) is 90.5 Å². The average Bonchev–Trinajstić information content (AvgIpc) is 2.63. The Bertz CT molecular complexity index is 1150. The van der Waals surface area contributed by atoms with Gasteiger partial charge in [0.2, 0.25) is 0 Å². The fraction of sp³-hybridized carbons (Fsp3) is 0. The van der Waals surface area contributed by atoms with E-state index in [0.717, 1.165) is 3.97 Å². The molecule has 128 valence electrons. The highest BCUT2D eigenvalue weighted by Crippen LogP contribution is 2.13. The maximum atomic E-state index is 12.8. The van der Waals surface area contributed by atoms with E-state index in [4.69, 9.17) is 0 Å². The van der Waals surface area contributed by atoms with Crippen LogP contribution >= 0.6 is 0 Å². The molecule has 0 radical (unpaired) electrons. The molecular weight excluding hydrogens is 360 g/mol. The van der Waals surface area contributed by atoms with Gasteiger partial charge in [-0.15, -0.1) is 4.40 Å². The Morgan fingerprint density at radius 2 is 1.16 bits per heavy atom. The molecule has 0 aliphatic carbocycles. The predicted molar refractivity (Wildman–Crippen MR) is 92.6 cm³/mol. The monoisotopic (exact) mass is 374 g/mol. The number of sulfonamides is 1. The first-order chi connectivity index (χ1) is 11.9. The molecule has 25 heavy (non-hydrogen) atoms. The lowest BCUT2D eigenvalue weighted by Crippen LogP contribution is -2.28. The second-order valence-corrected chi connectivity index (χ2v) is 8.47. The van der Waals surface area contributed by atoms with Gasteiger partial charge in [0, 0.05) is 6.20 Å². The Balaban J connectivity index is 2.22. The van der Waals surface area contributed by atoms with Crippen LogP contribution in [0.5, 0.6) is 0 Å². The summed E-state index contributed by atoms with van der Waals surface area (Å²) in [6.45, 7) is 0. The molecule has 0 saturated heterocycles. The molecule has 0 amide bonds. The summed E-state index contributed by atoms with van der Waals surface area (Å²) < 4.78 is 55.0. The van der Waals surface area contributed by atoms with Crippen molar-refractivity contribution in [2.24, 2.45) is 4.40 Å². The lowest BCUT2D eigenvalue weighted by atomic mass is 10.4. The van der Waals surface area contributed by atoms with E-state index in [2.05, 4.69) is 4.40 Å². The van der Waals surface area contributed by atoms with Crippen molar-refractivity contribution in [3.63, 3.8) is 0 Å². The Morgan fingerprint density at radius 1 is 0.640 bits per heavy atom. The van der Waals surface area contributed by atoms with Crippen molar-refractivity contribution >= 4 is 20.0 Å². The summed E-state index contributed by atoms with van der Waals surface area (Å²) in [5.41, 5.74) is -0.199. The maximum Gasteiger partial charge on any atom is 0.284 e. The number of hydrogen-bond acceptors (Lipinski definition) is 4. The highest BCUT2D eigenvalue weighted by molar-refractivity contribution is 7.90. The van der Waals surface area contributed by atoms with Gasteiger partial charge in [-0.05, 0) is 36.4 Å². The van der Waals surface area contributed by atoms with Crippen LogP contribution in [0.15, 0.2) is 99.2 Å². The van der Waals surface area contributed by atoms with E-state index in [1.54, 1.807) is 36.4 Å². The van der Waals surface area contributed by atoms with Gasteiger partial charge in [-0.3, -0.25) is 0 Å². The fourth-order valence-corrected chi connectivity index (χ4v) is 4.53. The third-order valence-electron chi connectivity index (χ3n) is 3.36. The van der Waals surface area contributed by atoms with Crippen molar-refractivity contribution in [2.45, 2.75) is 9.79 Å². The second kappa shape index (κ2) is 6.66. The summed E-state index contributed by atoms with van der Waals surface area (Å²) in [5.74, 6) is 0. The smallest absolute Gasteiger partial charge is 0.224 e. The highest BCUT2D eigenvalue weighted by Gasteiger charge is 2.18. The summed E-state index contributed by atoms with van der Waals surface area (Å²) >= 11 is 0. The van der Waals surface area contributed by atoms with Gasteiger partial charge in [-0.2, -0.15) is 8.42 Å². The first kappa shape index (κ1) is 17.1. The first-order valence-corrected chi connectivity index (χ1v) is 10.1. The van der Waals surface area contributed by atoms with E-state index in [1.165, 1.54) is 48.7 Å². The number of nitrogens with zero attached hydrogens (tertiary/aromatic N) is 2. The molecule has 0 N–H and O–H groups in total. The van der Waals surface area contributed by atoms with Crippen LogP contribution in [0.3, 0.4) is 0 Å². The van der Waals surface area contributed by atoms with E-state index in [1.807, 2.05) is 0 Å². The van der Waals surface area contributed by atoms with E-state index in [9.17, 15) is 16.8 Å². The van der Waals surface area contributed by atoms with E-state index < -0.39 is 20.0 Å². The summed E-state index contributed by atoms with van der Waals surface area (Å²) in [6, 6.07) is 19.7. The number of benzene rings is 2. The van der Waals surface area contributed by atoms with Gasteiger partial charge in [-0.1, -0.05) is 42.5 Å². The molecule has 0 aliphatic heterocycles. The lowest BCUT2D eigenvalue weighted by molar-refractivity contribution is 0.584. The van der Waals surface area contributed by atoms with Crippen molar-refractivity contribution in [1.29, 1.82) is 0 Å². The van der Waals surface area contributed by atoms with E-state index >= 15 is 0 Å². The van der Waals surface area contributed by atoms with Gasteiger partial charge >= 0.3 is 0 Å². The minimum Gasteiger partial charge on any atom is -0.224 e. The number of aromatic nitrogens is 1. The molecule has 3 rings (SSSR count). The molecule has 6 nitrogen and oxygen atoms in total. The molecule has 0 atom stereocenters.